The number of halogens is 3. The van der Waals surface area contributed by atoms with Crippen LogP contribution in [0.15, 0.2) is 47.6 Å². The molecule has 29 heavy (non-hydrogen) atoms. The molecule has 0 saturated heterocycles. The van der Waals surface area contributed by atoms with E-state index in [1.165, 1.54) is 18.3 Å². The average Bonchev–Trinajstić information content (AvgIpc) is 3.05. The molecule has 0 fully saturated rings. The second-order valence-electron chi connectivity index (χ2n) is 5.94. The Bertz CT molecular complexity index is 1130. The number of carbonyl (C=O) groups is 1. The molecule has 0 aliphatic carbocycles. The van der Waals surface area contributed by atoms with Crippen LogP contribution in [0.25, 0.3) is 5.82 Å². The zero-order valence-corrected chi connectivity index (χ0v) is 15.7. The minimum absolute atomic E-state index is 0.0199. The Morgan fingerprint density at radius 2 is 1.93 bits per heavy atom. The third kappa shape index (κ3) is 4.42. The summed E-state index contributed by atoms with van der Waals surface area (Å²) in [5.41, 5.74) is -1.56. The normalized spacial score (nSPS) is 12.0. The quantitative estimate of drug-likeness (QED) is 0.605. The van der Waals surface area contributed by atoms with E-state index in [1.54, 1.807) is 18.2 Å². The number of rotatable bonds is 6. The van der Waals surface area contributed by atoms with E-state index in [2.05, 4.69) is 20.4 Å². The first-order valence-electron chi connectivity index (χ1n) is 8.07. The van der Waals surface area contributed by atoms with E-state index in [4.69, 9.17) is 0 Å². The summed E-state index contributed by atoms with van der Waals surface area (Å²) in [6.45, 7) is 0.0199. The SMILES string of the molecule is CS(=O)(=O)c1ccc(-n2nc(C(F)(F)F)c(C=O)c2NCc2ccccn2)nc1. The second-order valence-corrected chi connectivity index (χ2v) is 7.95. The standard InChI is InChI=1S/C17H14F3N5O3S/c1-29(27,28)12-5-6-14(22-9-12)25-16(23-8-11-4-2-3-7-21-11)13(10-26)15(24-25)17(18,19)20/h2-7,9-10,23H,8H2,1H3. The van der Waals surface area contributed by atoms with Gasteiger partial charge in [-0.05, 0) is 24.3 Å². The number of nitrogens with zero attached hydrogens (tertiary/aromatic N) is 4. The van der Waals surface area contributed by atoms with Gasteiger partial charge in [-0.1, -0.05) is 6.07 Å². The Hall–Kier alpha value is -3.28. The van der Waals surface area contributed by atoms with Gasteiger partial charge < -0.3 is 5.32 Å². The van der Waals surface area contributed by atoms with Crippen LogP contribution in [0.4, 0.5) is 19.0 Å². The molecule has 12 heteroatoms. The molecule has 3 heterocycles. The topological polar surface area (TPSA) is 107 Å². The highest BCUT2D eigenvalue weighted by Gasteiger charge is 2.39. The summed E-state index contributed by atoms with van der Waals surface area (Å²) < 4.78 is 64.0. The number of hydrogen-bond donors (Lipinski definition) is 1. The van der Waals surface area contributed by atoms with Crippen LogP contribution in [-0.4, -0.2) is 40.7 Å². The fraction of sp³-hybridized carbons (Fsp3) is 0.176. The van der Waals surface area contributed by atoms with Crippen molar-refractivity contribution in [1.29, 1.82) is 0 Å². The average molecular weight is 425 g/mol. The van der Waals surface area contributed by atoms with E-state index < -0.39 is 27.3 Å². The first-order valence-corrected chi connectivity index (χ1v) is 9.96. The number of sulfone groups is 1. The molecule has 152 valence electrons. The van der Waals surface area contributed by atoms with Gasteiger partial charge >= 0.3 is 6.18 Å². The molecule has 0 radical (unpaired) electrons. The molecule has 0 bridgehead atoms. The van der Waals surface area contributed by atoms with Crippen molar-refractivity contribution in [3.8, 4) is 5.82 Å². The molecule has 0 spiro atoms. The van der Waals surface area contributed by atoms with E-state index in [9.17, 15) is 26.4 Å². The lowest BCUT2D eigenvalue weighted by molar-refractivity contribution is -0.141. The van der Waals surface area contributed by atoms with E-state index in [0.717, 1.165) is 17.1 Å². The Kier molecular flexibility index (Phi) is 5.38. The lowest BCUT2D eigenvalue weighted by Crippen LogP contribution is -2.10. The zero-order valence-electron chi connectivity index (χ0n) is 14.9. The molecule has 0 atom stereocenters. The summed E-state index contributed by atoms with van der Waals surface area (Å²) in [6, 6.07) is 7.42. The van der Waals surface area contributed by atoms with E-state index in [1.807, 2.05) is 0 Å². The minimum atomic E-state index is -4.88. The summed E-state index contributed by atoms with van der Waals surface area (Å²) in [4.78, 5) is 19.3. The molecule has 0 amide bonds. The van der Waals surface area contributed by atoms with Crippen molar-refractivity contribution in [1.82, 2.24) is 19.7 Å². The van der Waals surface area contributed by atoms with Crippen LogP contribution < -0.4 is 5.32 Å². The number of nitrogens with one attached hydrogen (secondary N) is 1. The van der Waals surface area contributed by atoms with Gasteiger partial charge in [0.1, 0.15) is 5.82 Å². The van der Waals surface area contributed by atoms with Crippen molar-refractivity contribution in [2.75, 3.05) is 11.6 Å². The van der Waals surface area contributed by atoms with Gasteiger partial charge in [0.25, 0.3) is 0 Å². The zero-order chi connectivity index (χ0) is 21.2. The van der Waals surface area contributed by atoms with Gasteiger partial charge in [0, 0.05) is 18.6 Å². The van der Waals surface area contributed by atoms with Gasteiger partial charge in [0.2, 0.25) is 0 Å². The number of aromatic nitrogens is 4. The van der Waals surface area contributed by atoms with Gasteiger partial charge in [-0.3, -0.25) is 9.78 Å². The smallest absolute Gasteiger partial charge is 0.364 e. The monoisotopic (exact) mass is 425 g/mol. The molecule has 3 aromatic heterocycles. The van der Waals surface area contributed by atoms with Crippen molar-refractivity contribution >= 4 is 21.9 Å². The molecule has 0 aliphatic heterocycles. The van der Waals surface area contributed by atoms with Gasteiger partial charge in [-0.25, -0.2) is 13.4 Å². The van der Waals surface area contributed by atoms with Crippen LogP contribution in [0, 0.1) is 0 Å². The number of hydrogen-bond acceptors (Lipinski definition) is 7. The summed E-state index contributed by atoms with van der Waals surface area (Å²) in [5.74, 6) is -0.336. The van der Waals surface area contributed by atoms with Crippen molar-refractivity contribution in [3.05, 3.63) is 59.7 Å². The molecule has 0 saturated carbocycles. The molecular weight excluding hydrogens is 411 g/mol. The predicted molar refractivity (Wildman–Crippen MR) is 96.4 cm³/mol. The fourth-order valence-corrected chi connectivity index (χ4v) is 3.04. The molecule has 1 N–H and O–H groups in total. The van der Waals surface area contributed by atoms with Gasteiger partial charge in [-0.2, -0.15) is 23.0 Å². The highest BCUT2D eigenvalue weighted by Crippen LogP contribution is 2.35. The van der Waals surface area contributed by atoms with E-state index in [-0.39, 0.29) is 29.4 Å². The number of aldehydes is 1. The number of anilines is 1. The van der Waals surface area contributed by atoms with Gasteiger partial charge in [0.15, 0.2) is 27.6 Å². The summed E-state index contributed by atoms with van der Waals surface area (Å²) in [5, 5.41) is 6.23. The Balaban J connectivity index is 2.09. The third-order valence-electron chi connectivity index (χ3n) is 3.84. The molecular formula is C17H14F3N5O3S. The van der Waals surface area contributed by atoms with Gasteiger partial charge in [0.05, 0.1) is 22.7 Å². The first kappa shape index (κ1) is 20.5. The maximum Gasteiger partial charge on any atom is 0.435 e. The van der Waals surface area contributed by atoms with Crippen molar-refractivity contribution < 1.29 is 26.4 Å². The van der Waals surface area contributed by atoms with Crippen molar-refractivity contribution in [2.45, 2.75) is 17.6 Å². The van der Waals surface area contributed by atoms with Gasteiger partial charge in [-0.15, -0.1) is 0 Å². The molecule has 8 nitrogen and oxygen atoms in total. The third-order valence-corrected chi connectivity index (χ3v) is 4.94. The molecule has 3 rings (SSSR count). The molecule has 0 aliphatic rings. The van der Waals surface area contributed by atoms with E-state index in [0.29, 0.717) is 5.69 Å². The summed E-state index contributed by atoms with van der Waals surface area (Å²) in [6.07, 6.45) is -1.33. The Labute approximate surface area is 163 Å². The summed E-state index contributed by atoms with van der Waals surface area (Å²) >= 11 is 0. The molecule has 0 unspecified atom stereocenters. The number of carbonyl (C=O) groups excluding carboxylic acids is 1. The van der Waals surface area contributed by atoms with E-state index >= 15 is 0 Å². The maximum atomic E-state index is 13.4. The van der Waals surface area contributed by atoms with Crippen molar-refractivity contribution in [3.63, 3.8) is 0 Å². The molecule has 0 aromatic carbocycles. The van der Waals surface area contributed by atoms with Crippen LogP contribution in [0.3, 0.4) is 0 Å². The first-order chi connectivity index (χ1) is 13.6. The lowest BCUT2D eigenvalue weighted by atomic mass is 10.2. The Morgan fingerprint density at radius 3 is 2.45 bits per heavy atom. The summed E-state index contributed by atoms with van der Waals surface area (Å²) in [7, 11) is -3.54. The largest absolute Gasteiger partial charge is 0.435 e. The molecule has 3 aromatic rings. The Morgan fingerprint density at radius 1 is 1.17 bits per heavy atom. The van der Waals surface area contributed by atoms with Crippen LogP contribution in [0.2, 0.25) is 0 Å². The fourth-order valence-electron chi connectivity index (χ4n) is 2.48. The van der Waals surface area contributed by atoms with Crippen LogP contribution in [-0.2, 0) is 22.6 Å². The lowest BCUT2D eigenvalue weighted by Gasteiger charge is -2.10. The van der Waals surface area contributed by atoms with Crippen LogP contribution in [0.1, 0.15) is 21.7 Å². The number of pyridine rings is 2. The number of alkyl halides is 3. The van der Waals surface area contributed by atoms with Crippen LogP contribution >= 0.6 is 0 Å². The second kappa shape index (κ2) is 7.62. The highest BCUT2D eigenvalue weighted by molar-refractivity contribution is 7.90. The minimum Gasteiger partial charge on any atom is -0.364 e. The van der Waals surface area contributed by atoms with Crippen LogP contribution in [0.5, 0.6) is 0 Å². The maximum absolute atomic E-state index is 13.4. The predicted octanol–water partition coefficient (Wildman–Crippen LogP) is 2.51. The highest BCUT2D eigenvalue weighted by atomic mass is 32.2. The van der Waals surface area contributed by atoms with Crippen molar-refractivity contribution in [2.24, 2.45) is 0 Å².